The van der Waals surface area contributed by atoms with Gasteiger partial charge >= 0.3 is 0 Å². The number of hydrogen-bond acceptors (Lipinski definition) is 4. The van der Waals surface area contributed by atoms with Gasteiger partial charge in [-0.2, -0.15) is 5.10 Å². The van der Waals surface area contributed by atoms with Gasteiger partial charge in [-0.3, -0.25) is 10.00 Å². The van der Waals surface area contributed by atoms with Crippen LogP contribution in [0, 0.1) is 13.8 Å². The quantitative estimate of drug-likeness (QED) is 0.847. The molecule has 0 radical (unpaired) electrons. The van der Waals surface area contributed by atoms with E-state index in [9.17, 15) is 0 Å². The first kappa shape index (κ1) is 18.1. The predicted octanol–water partition coefficient (Wildman–Crippen LogP) is 2.93. The lowest BCUT2D eigenvalue weighted by molar-refractivity contribution is -0.0705. The number of aryl methyl sites for hydroxylation is 2. The molecule has 2 heterocycles. The van der Waals surface area contributed by atoms with Gasteiger partial charge in [0.2, 0.25) is 0 Å². The molecule has 2 aromatic rings. The van der Waals surface area contributed by atoms with Gasteiger partial charge in [-0.15, -0.1) is 0 Å². The summed E-state index contributed by atoms with van der Waals surface area (Å²) in [6.45, 7) is 13.1. The molecule has 0 saturated carbocycles. The Bertz CT molecular complexity index is 667. The first-order chi connectivity index (χ1) is 12.0. The van der Waals surface area contributed by atoms with Crippen molar-refractivity contribution < 1.29 is 4.74 Å². The standard InChI is InChI=1S/C20H30N4O/c1-14-11-24(12-15(2)25-14)13-19-8-6-5-7-18(19)9-21-10-20-16(3)22-23-17(20)4/h5-8,14-15,21H,9-13H2,1-4H3,(H,22,23). The molecule has 2 unspecified atom stereocenters. The average molecular weight is 342 g/mol. The van der Waals surface area contributed by atoms with Gasteiger partial charge in [0.25, 0.3) is 0 Å². The second-order valence-corrected chi connectivity index (χ2v) is 7.24. The first-order valence-corrected chi connectivity index (χ1v) is 9.18. The second kappa shape index (κ2) is 8.13. The molecule has 0 amide bonds. The Morgan fingerprint density at radius 2 is 1.80 bits per heavy atom. The van der Waals surface area contributed by atoms with Crippen molar-refractivity contribution in [2.45, 2.75) is 59.5 Å². The van der Waals surface area contributed by atoms with E-state index in [1.54, 1.807) is 0 Å². The minimum atomic E-state index is 0.307. The molecule has 1 aromatic heterocycles. The molecule has 1 aliphatic rings. The second-order valence-electron chi connectivity index (χ2n) is 7.24. The summed E-state index contributed by atoms with van der Waals surface area (Å²) in [5.41, 5.74) is 6.27. The largest absolute Gasteiger partial charge is 0.373 e. The van der Waals surface area contributed by atoms with Gasteiger partial charge in [-0.1, -0.05) is 24.3 Å². The molecule has 5 heteroatoms. The zero-order chi connectivity index (χ0) is 17.8. The highest BCUT2D eigenvalue weighted by Gasteiger charge is 2.22. The molecule has 25 heavy (non-hydrogen) atoms. The molecule has 2 atom stereocenters. The van der Waals surface area contributed by atoms with Crippen molar-refractivity contribution in [3.8, 4) is 0 Å². The molecule has 136 valence electrons. The number of H-pyrrole nitrogens is 1. The van der Waals surface area contributed by atoms with Crippen LogP contribution in [0.2, 0.25) is 0 Å². The number of aromatic nitrogens is 2. The smallest absolute Gasteiger partial charge is 0.0678 e. The van der Waals surface area contributed by atoms with E-state index in [4.69, 9.17) is 4.74 Å². The third kappa shape index (κ3) is 4.69. The van der Waals surface area contributed by atoms with Gasteiger partial charge in [0.1, 0.15) is 0 Å². The molecular weight excluding hydrogens is 312 g/mol. The van der Waals surface area contributed by atoms with Crippen molar-refractivity contribution in [1.29, 1.82) is 0 Å². The van der Waals surface area contributed by atoms with Crippen LogP contribution < -0.4 is 5.32 Å². The summed E-state index contributed by atoms with van der Waals surface area (Å²) in [5, 5.41) is 10.9. The van der Waals surface area contributed by atoms with E-state index in [1.807, 2.05) is 0 Å². The lowest BCUT2D eigenvalue weighted by Crippen LogP contribution is -2.45. The molecule has 1 aliphatic heterocycles. The zero-order valence-corrected chi connectivity index (χ0v) is 15.8. The van der Waals surface area contributed by atoms with Crippen LogP contribution in [0.4, 0.5) is 0 Å². The summed E-state index contributed by atoms with van der Waals surface area (Å²) < 4.78 is 5.85. The fourth-order valence-corrected chi connectivity index (χ4v) is 3.70. The Morgan fingerprint density at radius 3 is 2.44 bits per heavy atom. The number of nitrogens with zero attached hydrogens (tertiary/aromatic N) is 2. The Hall–Kier alpha value is -1.69. The molecule has 1 aromatic carbocycles. The first-order valence-electron chi connectivity index (χ1n) is 9.18. The summed E-state index contributed by atoms with van der Waals surface area (Å²) in [5.74, 6) is 0. The molecule has 0 spiro atoms. The number of nitrogens with one attached hydrogen (secondary N) is 2. The minimum absolute atomic E-state index is 0.307. The highest BCUT2D eigenvalue weighted by atomic mass is 16.5. The van der Waals surface area contributed by atoms with E-state index in [0.717, 1.165) is 44.1 Å². The van der Waals surface area contributed by atoms with Crippen molar-refractivity contribution in [2.24, 2.45) is 0 Å². The topological polar surface area (TPSA) is 53.2 Å². The fraction of sp³-hybridized carbons (Fsp3) is 0.550. The number of rotatable bonds is 6. The lowest BCUT2D eigenvalue weighted by Gasteiger charge is -2.35. The number of aromatic amines is 1. The number of hydrogen-bond donors (Lipinski definition) is 2. The predicted molar refractivity (Wildman–Crippen MR) is 100 cm³/mol. The summed E-state index contributed by atoms with van der Waals surface area (Å²) in [6, 6.07) is 8.73. The molecule has 0 bridgehead atoms. The maximum atomic E-state index is 5.85. The maximum Gasteiger partial charge on any atom is 0.0678 e. The van der Waals surface area contributed by atoms with Gasteiger partial charge in [0.15, 0.2) is 0 Å². The van der Waals surface area contributed by atoms with Gasteiger partial charge in [0.05, 0.1) is 17.9 Å². The summed E-state index contributed by atoms with van der Waals surface area (Å²) in [7, 11) is 0. The molecule has 2 N–H and O–H groups in total. The number of benzene rings is 1. The molecular formula is C20H30N4O. The molecule has 1 saturated heterocycles. The normalized spacial score (nSPS) is 21.6. The summed E-state index contributed by atoms with van der Waals surface area (Å²) >= 11 is 0. The van der Waals surface area contributed by atoms with E-state index in [2.05, 4.69) is 72.4 Å². The van der Waals surface area contributed by atoms with Crippen molar-refractivity contribution in [3.05, 3.63) is 52.3 Å². The monoisotopic (exact) mass is 342 g/mol. The zero-order valence-electron chi connectivity index (χ0n) is 15.8. The van der Waals surface area contributed by atoms with Crippen molar-refractivity contribution >= 4 is 0 Å². The third-order valence-corrected chi connectivity index (χ3v) is 4.91. The van der Waals surface area contributed by atoms with Gasteiger partial charge in [-0.05, 0) is 38.8 Å². The van der Waals surface area contributed by atoms with Crippen LogP contribution in [0.3, 0.4) is 0 Å². The Labute approximate surface area is 150 Å². The third-order valence-electron chi connectivity index (χ3n) is 4.91. The SMILES string of the molecule is Cc1n[nH]c(C)c1CNCc1ccccc1CN1CC(C)OC(C)C1. The minimum Gasteiger partial charge on any atom is -0.373 e. The van der Waals surface area contributed by atoms with Crippen LogP contribution >= 0.6 is 0 Å². The van der Waals surface area contributed by atoms with Crippen LogP contribution in [0.25, 0.3) is 0 Å². The maximum absolute atomic E-state index is 5.85. The van der Waals surface area contributed by atoms with Gasteiger partial charge in [-0.25, -0.2) is 0 Å². The van der Waals surface area contributed by atoms with Crippen molar-refractivity contribution in [2.75, 3.05) is 13.1 Å². The fourth-order valence-electron chi connectivity index (χ4n) is 3.70. The Kier molecular flexibility index (Phi) is 5.89. The van der Waals surface area contributed by atoms with Crippen LogP contribution in [0.1, 0.15) is 41.9 Å². The van der Waals surface area contributed by atoms with Crippen molar-refractivity contribution in [1.82, 2.24) is 20.4 Å². The lowest BCUT2D eigenvalue weighted by atomic mass is 10.1. The molecule has 0 aliphatic carbocycles. The van der Waals surface area contributed by atoms with E-state index in [-0.39, 0.29) is 0 Å². The van der Waals surface area contributed by atoms with E-state index in [0.29, 0.717) is 12.2 Å². The van der Waals surface area contributed by atoms with Crippen LogP contribution in [0.5, 0.6) is 0 Å². The Balaban J connectivity index is 1.61. The molecule has 5 nitrogen and oxygen atoms in total. The summed E-state index contributed by atoms with van der Waals surface area (Å²) in [6.07, 6.45) is 0.613. The molecule has 3 rings (SSSR count). The Morgan fingerprint density at radius 1 is 1.12 bits per heavy atom. The van der Waals surface area contributed by atoms with Crippen LogP contribution in [0.15, 0.2) is 24.3 Å². The van der Waals surface area contributed by atoms with Crippen molar-refractivity contribution in [3.63, 3.8) is 0 Å². The number of ether oxygens (including phenoxy) is 1. The van der Waals surface area contributed by atoms with Crippen LogP contribution in [-0.2, 0) is 24.4 Å². The van der Waals surface area contributed by atoms with Crippen LogP contribution in [-0.4, -0.2) is 40.4 Å². The summed E-state index contributed by atoms with van der Waals surface area (Å²) in [4.78, 5) is 2.50. The molecule has 1 fully saturated rings. The van der Waals surface area contributed by atoms with E-state index in [1.165, 1.54) is 16.7 Å². The van der Waals surface area contributed by atoms with Gasteiger partial charge in [0, 0.05) is 44.0 Å². The van der Waals surface area contributed by atoms with Gasteiger partial charge < -0.3 is 10.1 Å². The van der Waals surface area contributed by atoms with E-state index >= 15 is 0 Å². The average Bonchev–Trinajstić information content (AvgIpc) is 2.87. The number of morpholine rings is 1. The highest BCUT2D eigenvalue weighted by Crippen LogP contribution is 2.17. The highest BCUT2D eigenvalue weighted by molar-refractivity contribution is 5.28. The van der Waals surface area contributed by atoms with E-state index < -0.39 is 0 Å².